The zero-order valence-electron chi connectivity index (χ0n) is 18.2. The Morgan fingerprint density at radius 2 is 2.12 bits per heavy atom. The van der Waals surface area contributed by atoms with Crippen LogP contribution >= 0.6 is 11.6 Å². The van der Waals surface area contributed by atoms with Gasteiger partial charge in [0.2, 0.25) is 0 Å². The molecule has 32 heavy (non-hydrogen) atoms. The van der Waals surface area contributed by atoms with E-state index in [1.54, 1.807) is 19.2 Å². The number of likely N-dealkylation sites (tertiary alicyclic amines) is 1. The molecule has 0 aliphatic carbocycles. The normalized spacial score (nSPS) is 16.4. The molecule has 1 saturated heterocycles. The molecule has 7 nitrogen and oxygen atoms in total. The van der Waals surface area contributed by atoms with E-state index in [-0.39, 0.29) is 10.6 Å². The highest BCUT2D eigenvalue weighted by Gasteiger charge is 2.18. The Hall–Kier alpha value is -2.55. The predicted octanol–water partition coefficient (Wildman–Crippen LogP) is 3.68. The van der Waals surface area contributed by atoms with Gasteiger partial charge in [-0.1, -0.05) is 11.6 Å². The van der Waals surface area contributed by atoms with Gasteiger partial charge in [-0.05, 0) is 70.6 Å². The summed E-state index contributed by atoms with van der Waals surface area (Å²) in [6.07, 6.45) is 3.41. The van der Waals surface area contributed by atoms with E-state index in [2.05, 4.69) is 32.2 Å². The van der Waals surface area contributed by atoms with Crippen LogP contribution in [0.5, 0.6) is 5.75 Å². The van der Waals surface area contributed by atoms with Gasteiger partial charge in [0, 0.05) is 18.8 Å². The second-order valence-corrected chi connectivity index (χ2v) is 8.73. The molecule has 1 aromatic carbocycles. The fraction of sp³-hybridized carbons (Fsp3) is 0.435. The number of hydrogen-bond donors (Lipinski definition) is 2. The molecule has 9 heteroatoms. The summed E-state index contributed by atoms with van der Waals surface area (Å²) < 4.78 is 19.2. The van der Waals surface area contributed by atoms with E-state index in [0.29, 0.717) is 34.9 Å². The molecule has 0 amide bonds. The number of nitrogens with one attached hydrogen (secondary N) is 2. The lowest BCUT2D eigenvalue weighted by atomic mass is 9.97. The number of nitrogens with zero attached hydrogens (tertiary/aromatic N) is 3. The van der Waals surface area contributed by atoms with Crippen molar-refractivity contribution < 1.29 is 9.13 Å². The van der Waals surface area contributed by atoms with Crippen molar-refractivity contribution in [2.75, 3.05) is 26.7 Å². The maximum atomic E-state index is 13.4. The van der Waals surface area contributed by atoms with Gasteiger partial charge in [-0.15, -0.1) is 0 Å². The molecule has 1 fully saturated rings. The van der Waals surface area contributed by atoms with Crippen LogP contribution in [0.1, 0.15) is 37.4 Å². The third-order valence-corrected chi connectivity index (χ3v) is 6.16. The first-order valence-corrected chi connectivity index (χ1v) is 11.2. The Labute approximate surface area is 191 Å². The number of ether oxygens (including phenoxy) is 1. The van der Waals surface area contributed by atoms with E-state index in [1.807, 2.05) is 0 Å². The van der Waals surface area contributed by atoms with Crippen LogP contribution in [0.2, 0.25) is 5.02 Å². The maximum Gasteiger partial charge on any atom is 0.258 e. The van der Waals surface area contributed by atoms with Crippen LogP contribution in [-0.4, -0.2) is 46.5 Å². The fourth-order valence-electron chi connectivity index (χ4n) is 3.93. The Morgan fingerprint density at radius 1 is 1.34 bits per heavy atom. The van der Waals surface area contributed by atoms with Crippen molar-refractivity contribution in [3.05, 3.63) is 63.2 Å². The Bertz CT molecular complexity index is 1150. The molecule has 1 aliphatic heterocycles. The zero-order valence-corrected chi connectivity index (χ0v) is 19.0. The van der Waals surface area contributed by atoms with E-state index in [1.165, 1.54) is 31.0 Å². The number of halogens is 2. The van der Waals surface area contributed by atoms with Crippen LogP contribution in [0.4, 0.5) is 4.39 Å². The third-order valence-electron chi connectivity index (χ3n) is 5.87. The quantitative estimate of drug-likeness (QED) is 0.560. The van der Waals surface area contributed by atoms with Gasteiger partial charge in [-0.3, -0.25) is 9.78 Å². The first-order chi connectivity index (χ1) is 15.4. The predicted molar refractivity (Wildman–Crippen MR) is 123 cm³/mol. The molecule has 1 aliphatic rings. The summed E-state index contributed by atoms with van der Waals surface area (Å²) in [6.45, 7) is 5.44. The molecule has 0 spiro atoms. The number of fused-ring (bicyclic) bond motifs is 1. The Balaban J connectivity index is 1.50. The van der Waals surface area contributed by atoms with Gasteiger partial charge < -0.3 is 19.9 Å². The van der Waals surface area contributed by atoms with Crippen LogP contribution in [0.3, 0.4) is 0 Å². The first-order valence-electron chi connectivity index (χ1n) is 10.8. The number of piperidine rings is 1. The van der Waals surface area contributed by atoms with Gasteiger partial charge in [-0.25, -0.2) is 9.37 Å². The number of aromatic amines is 1. The average molecular weight is 460 g/mol. The molecule has 1 atom stereocenters. The molecular weight excluding hydrogens is 433 g/mol. The van der Waals surface area contributed by atoms with Crippen LogP contribution in [-0.2, 0) is 6.54 Å². The molecule has 3 aromatic rings. The second kappa shape index (κ2) is 9.94. The van der Waals surface area contributed by atoms with Gasteiger partial charge in [0.05, 0.1) is 16.1 Å². The SMILES string of the molecule is C[C@H](Oc1ccc(F)c(Cl)c1)c1nc2c(CNCC3CCN(C)CC3)nccc2c(=O)[nH]1. The largest absolute Gasteiger partial charge is 0.483 e. The number of benzene rings is 1. The van der Waals surface area contributed by atoms with E-state index in [9.17, 15) is 9.18 Å². The van der Waals surface area contributed by atoms with E-state index < -0.39 is 11.9 Å². The summed E-state index contributed by atoms with van der Waals surface area (Å²) in [6, 6.07) is 5.78. The van der Waals surface area contributed by atoms with Crippen LogP contribution in [0, 0.1) is 11.7 Å². The van der Waals surface area contributed by atoms with Crippen molar-refractivity contribution in [3.8, 4) is 5.75 Å². The lowest BCUT2D eigenvalue weighted by Gasteiger charge is -2.29. The molecule has 2 N–H and O–H groups in total. The van der Waals surface area contributed by atoms with Crippen LogP contribution in [0.25, 0.3) is 10.9 Å². The van der Waals surface area contributed by atoms with Crippen molar-refractivity contribution in [1.82, 2.24) is 25.2 Å². The van der Waals surface area contributed by atoms with Gasteiger partial charge in [0.1, 0.15) is 17.1 Å². The highest BCUT2D eigenvalue weighted by molar-refractivity contribution is 6.30. The van der Waals surface area contributed by atoms with Gasteiger partial charge >= 0.3 is 0 Å². The third kappa shape index (κ3) is 5.26. The minimum atomic E-state index is -0.575. The lowest BCUT2D eigenvalue weighted by Crippen LogP contribution is -2.35. The maximum absolute atomic E-state index is 13.4. The van der Waals surface area contributed by atoms with Crippen molar-refractivity contribution in [2.24, 2.45) is 5.92 Å². The Morgan fingerprint density at radius 3 is 2.88 bits per heavy atom. The smallest absolute Gasteiger partial charge is 0.258 e. The van der Waals surface area contributed by atoms with Crippen LogP contribution in [0.15, 0.2) is 35.3 Å². The number of aromatic nitrogens is 3. The van der Waals surface area contributed by atoms with E-state index in [4.69, 9.17) is 16.3 Å². The number of hydrogen-bond acceptors (Lipinski definition) is 6. The Kier molecular flexibility index (Phi) is 7.03. The first kappa shape index (κ1) is 22.6. The molecule has 0 saturated carbocycles. The molecular formula is C23H27ClFN5O2. The lowest BCUT2D eigenvalue weighted by molar-refractivity contribution is 0.215. The monoisotopic (exact) mass is 459 g/mol. The number of pyridine rings is 1. The molecule has 170 valence electrons. The summed E-state index contributed by atoms with van der Waals surface area (Å²) in [5, 5.41) is 3.94. The minimum Gasteiger partial charge on any atom is -0.483 e. The van der Waals surface area contributed by atoms with Gasteiger partial charge in [0.15, 0.2) is 11.9 Å². The molecule has 0 radical (unpaired) electrons. The van der Waals surface area contributed by atoms with Crippen molar-refractivity contribution in [1.29, 1.82) is 0 Å². The second-order valence-electron chi connectivity index (χ2n) is 8.32. The topological polar surface area (TPSA) is 83.1 Å². The molecule has 3 heterocycles. The van der Waals surface area contributed by atoms with Crippen molar-refractivity contribution in [3.63, 3.8) is 0 Å². The standard InChI is InChI=1S/C23H27ClFN5O2/c1-14(32-16-3-4-19(25)18(24)11-16)22-28-21-17(23(31)29-22)5-8-27-20(21)13-26-12-15-6-9-30(2)10-7-15/h3-5,8,11,14-15,26H,6-7,9-10,12-13H2,1-2H3,(H,28,29,31)/t14-/m0/s1. The number of H-pyrrole nitrogens is 1. The van der Waals surface area contributed by atoms with Crippen molar-refractivity contribution in [2.45, 2.75) is 32.4 Å². The summed E-state index contributed by atoms with van der Waals surface area (Å²) >= 11 is 5.83. The van der Waals surface area contributed by atoms with E-state index in [0.717, 1.165) is 25.3 Å². The summed E-state index contributed by atoms with van der Waals surface area (Å²) in [5.41, 5.74) is 1.02. The number of rotatable bonds is 7. The molecule has 0 bridgehead atoms. The molecule has 0 unspecified atom stereocenters. The van der Waals surface area contributed by atoms with Gasteiger partial charge in [-0.2, -0.15) is 0 Å². The highest BCUT2D eigenvalue weighted by Crippen LogP contribution is 2.25. The fourth-order valence-corrected chi connectivity index (χ4v) is 4.10. The summed E-state index contributed by atoms with van der Waals surface area (Å²) in [7, 11) is 2.15. The molecule has 2 aromatic heterocycles. The molecule has 4 rings (SSSR count). The summed E-state index contributed by atoms with van der Waals surface area (Å²) in [5.74, 6) is 0.877. The average Bonchev–Trinajstić information content (AvgIpc) is 2.78. The minimum absolute atomic E-state index is 0.0307. The van der Waals surface area contributed by atoms with E-state index >= 15 is 0 Å². The summed E-state index contributed by atoms with van der Waals surface area (Å²) in [4.78, 5) is 26.9. The zero-order chi connectivity index (χ0) is 22.7. The van der Waals surface area contributed by atoms with Crippen LogP contribution < -0.4 is 15.6 Å². The van der Waals surface area contributed by atoms with Crippen molar-refractivity contribution >= 4 is 22.5 Å². The highest BCUT2D eigenvalue weighted by atomic mass is 35.5. The van der Waals surface area contributed by atoms with Gasteiger partial charge in [0.25, 0.3) is 5.56 Å².